The van der Waals surface area contributed by atoms with Gasteiger partial charge in [-0.1, -0.05) is 32.0 Å². The SMILES string of the molecule is CN=C(NCCCc1nn(-c2ccccc2)c(N)c1C#N)N1CCSC(C(C)C)C1.I. The third-order valence-corrected chi connectivity index (χ3v) is 6.87. The number of guanidine groups is 1. The summed E-state index contributed by atoms with van der Waals surface area (Å²) in [5.41, 5.74) is 8.26. The van der Waals surface area contributed by atoms with Crippen LogP contribution in [0.5, 0.6) is 0 Å². The van der Waals surface area contributed by atoms with Crippen LogP contribution in [0.25, 0.3) is 5.69 Å². The van der Waals surface area contributed by atoms with Gasteiger partial charge in [-0.25, -0.2) is 4.68 Å². The van der Waals surface area contributed by atoms with Crippen molar-refractivity contribution in [3.05, 3.63) is 41.6 Å². The molecule has 9 heteroatoms. The third kappa shape index (κ3) is 6.29. The number of para-hydroxylation sites is 1. The van der Waals surface area contributed by atoms with Crippen LogP contribution in [0.3, 0.4) is 0 Å². The molecule has 0 aliphatic carbocycles. The second-order valence-corrected chi connectivity index (χ2v) is 9.09. The van der Waals surface area contributed by atoms with Crippen molar-refractivity contribution in [3.63, 3.8) is 0 Å². The van der Waals surface area contributed by atoms with Gasteiger partial charge in [-0.2, -0.15) is 22.1 Å². The highest BCUT2D eigenvalue weighted by molar-refractivity contribution is 14.0. The average Bonchev–Trinajstić information content (AvgIpc) is 3.09. The first-order valence-corrected chi connectivity index (χ1v) is 11.5. The van der Waals surface area contributed by atoms with Crippen LogP contribution in [0.1, 0.15) is 31.5 Å². The van der Waals surface area contributed by atoms with Crippen LogP contribution < -0.4 is 11.1 Å². The molecule has 1 aromatic heterocycles. The number of nitrogens with two attached hydrogens (primary N) is 1. The van der Waals surface area contributed by atoms with Crippen molar-refractivity contribution in [2.45, 2.75) is 31.9 Å². The molecule has 168 valence electrons. The Balaban J connectivity index is 0.00000341. The van der Waals surface area contributed by atoms with Gasteiger partial charge in [-0.05, 0) is 30.9 Å². The van der Waals surface area contributed by atoms with Crippen LogP contribution in [-0.2, 0) is 6.42 Å². The highest BCUT2D eigenvalue weighted by Crippen LogP contribution is 2.25. The molecule has 0 amide bonds. The molecule has 0 saturated carbocycles. The Hall–Kier alpha value is -1.93. The molecule has 7 nitrogen and oxygen atoms in total. The fraction of sp³-hybridized carbons (Fsp3) is 0.500. The zero-order chi connectivity index (χ0) is 21.5. The van der Waals surface area contributed by atoms with E-state index in [1.165, 1.54) is 0 Å². The van der Waals surface area contributed by atoms with Crippen molar-refractivity contribution < 1.29 is 0 Å². The Kier molecular flexibility index (Phi) is 9.96. The quantitative estimate of drug-likeness (QED) is 0.246. The number of thioether (sulfide) groups is 1. The molecular weight excluding hydrogens is 521 g/mol. The third-order valence-electron chi connectivity index (χ3n) is 5.33. The van der Waals surface area contributed by atoms with E-state index in [1.54, 1.807) is 4.68 Å². The van der Waals surface area contributed by atoms with Crippen molar-refractivity contribution >= 4 is 47.5 Å². The molecule has 1 aliphatic rings. The first-order valence-electron chi connectivity index (χ1n) is 10.4. The van der Waals surface area contributed by atoms with Crippen LogP contribution in [0.2, 0.25) is 0 Å². The normalized spacial score (nSPS) is 16.7. The summed E-state index contributed by atoms with van der Waals surface area (Å²) in [6.45, 7) is 7.38. The largest absolute Gasteiger partial charge is 0.382 e. The highest BCUT2D eigenvalue weighted by atomic mass is 127. The second-order valence-electron chi connectivity index (χ2n) is 7.74. The number of nitrogens with zero attached hydrogens (tertiary/aromatic N) is 5. The van der Waals surface area contributed by atoms with Gasteiger partial charge < -0.3 is 16.0 Å². The summed E-state index contributed by atoms with van der Waals surface area (Å²) in [6.07, 6.45) is 1.52. The summed E-state index contributed by atoms with van der Waals surface area (Å²) in [5.74, 6) is 3.14. The second kappa shape index (κ2) is 12.2. The van der Waals surface area contributed by atoms with E-state index in [4.69, 9.17) is 5.73 Å². The molecule has 3 rings (SSSR count). The maximum atomic E-state index is 9.56. The topological polar surface area (TPSA) is 95.3 Å². The number of nitrogen functional groups attached to an aromatic ring is 1. The minimum atomic E-state index is 0. The molecule has 2 aromatic rings. The van der Waals surface area contributed by atoms with Gasteiger partial charge >= 0.3 is 0 Å². The van der Waals surface area contributed by atoms with Crippen LogP contribution in [0, 0.1) is 17.2 Å². The van der Waals surface area contributed by atoms with Crippen molar-refractivity contribution in [2.75, 3.05) is 38.2 Å². The predicted molar refractivity (Wildman–Crippen MR) is 140 cm³/mol. The van der Waals surface area contributed by atoms with E-state index in [0.717, 1.165) is 49.1 Å². The smallest absolute Gasteiger partial charge is 0.193 e. The summed E-state index contributed by atoms with van der Waals surface area (Å²) < 4.78 is 1.65. The summed E-state index contributed by atoms with van der Waals surface area (Å²) in [7, 11) is 1.84. The van der Waals surface area contributed by atoms with Crippen molar-refractivity contribution in [1.82, 2.24) is 20.0 Å². The number of anilines is 1. The zero-order valence-electron chi connectivity index (χ0n) is 18.4. The molecular formula is C22H32IN7S. The summed E-state index contributed by atoms with van der Waals surface area (Å²) in [4.78, 5) is 6.82. The van der Waals surface area contributed by atoms with Crippen LogP contribution in [0.15, 0.2) is 35.3 Å². The van der Waals surface area contributed by atoms with Gasteiger partial charge in [0.2, 0.25) is 0 Å². The van der Waals surface area contributed by atoms with Crippen molar-refractivity contribution in [3.8, 4) is 11.8 Å². The number of hydrogen-bond donors (Lipinski definition) is 2. The molecule has 1 unspecified atom stereocenters. The molecule has 1 fully saturated rings. The lowest BCUT2D eigenvalue weighted by Crippen LogP contribution is -2.49. The number of nitrogens with one attached hydrogen (secondary N) is 1. The minimum Gasteiger partial charge on any atom is -0.382 e. The lowest BCUT2D eigenvalue weighted by molar-refractivity contribution is 0.380. The van der Waals surface area contributed by atoms with E-state index in [2.05, 4.69) is 52.0 Å². The molecule has 31 heavy (non-hydrogen) atoms. The first kappa shape index (κ1) is 25.3. The van der Waals surface area contributed by atoms with Crippen molar-refractivity contribution in [2.24, 2.45) is 10.9 Å². The Bertz CT molecular complexity index is 905. The zero-order valence-corrected chi connectivity index (χ0v) is 21.6. The van der Waals surface area contributed by atoms with Gasteiger partial charge in [0.15, 0.2) is 5.96 Å². The maximum Gasteiger partial charge on any atom is 0.193 e. The Morgan fingerprint density at radius 3 is 2.77 bits per heavy atom. The van der Waals surface area contributed by atoms with Crippen LogP contribution in [-0.4, -0.2) is 58.3 Å². The number of benzene rings is 1. The van der Waals surface area contributed by atoms with E-state index < -0.39 is 0 Å². The number of aryl methyl sites for hydroxylation is 1. The fourth-order valence-electron chi connectivity index (χ4n) is 3.60. The van der Waals surface area contributed by atoms with Gasteiger partial charge in [-0.3, -0.25) is 4.99 Å². The number of rotatable bonds is 6. The molecule has 2 heterocycles. The summed E-state index contributed by atoms with van der Waals surface area (Å²) in [6, 6.07) is 11.9. The van der Waals surface area contributed by atoms with Gasteiger partial charge in [-0.15, -0.1) is 24.0 Å². The van der Waals surface area contributed by atoms with Crippen molar-refractivity contribution in [1.29, 1.82) is 5.26 Å². The Morgan fingerprint density at radius 1 is 1.39 bits per heavy atom. The maximum absolute atomic E-state index is 9.56. The lowest BCUT2D eigenvalue weighted by atomic mass is 10.1. The Labute approximate surface area is 206 Å². The summed E-state index contributed by atoms with van der Waals surface area (Å²) in [5, 5.41) is 18.3. The monoisotopic (exact) mass is 553 g/mol. The molecule has 0 spiro atoms. The molecule has 1 atom stereocenters. The molecule has 3 N–H and O–H groups in total. The number of aliphatic imine (C=N–C) groups is 1. The number of hydrogen-bond acceptors (Lipinski definition) is 5. The molecule has 0 bridgehead atoms. The standard InChI is InChI=1S/C22H31N7S.HI/c1-16(2)20-15-28(12-13-30-20)22(25-3)26-11-7-10-19-18(14-23)21(24)29(27-19)17-8-5-4-6-9-17;/h4-6,8-9,16,20H,7,10-13,15,24H2,1-3H3,(H,25,26);1H. The molecule has 1 aliphatic heterocycles. The van der Waals surface area contributed by atoms with Crippen LogP contribution in [0.4, 0.5) is 5.82 Å². The lowest BCUT2D eigenvalue weighted by Gasteiger charge is -2.36. The van der Waals surface area contributed by atoms with Gasteiger partial charge in [0.05, 0.1) is 11.4 Å². The van der Waals surface area contributed by atoms with Gasteiger partial charge in [0, 0.05) is 37.7 Å². The van der Waals surface area contributed by atoms with E-state index in [9.17, 15) is 5.26 Å². The minimum absolute atomic E-state index is 0. The van der Waals surface area contributed by atoms with Crippen LogP contribution >= 0.6 is 35.7 Å². The number of aromatic nitrogens is 2. The first-order chi connectivity index (χ1) is 14.5. The highest BCUT2D eigenvalue weighted by Gasteiger charge is 2.24. The Morgan fingerprint density at radius 2 is 2.13 bits per heavy atom. The van der Waals surface area contributed by atoms with Gasteiger partial charge in [0.25, 0.3) is 0 Å². The van der Waals surface area contributed by atoms with E-state index in [0.29, 0.717) is 29.0 Å². The molecule has 0 radical (unpaired) electrons. The average molecular weight is 554 g/mol. The predicted octanol–water partition coefficient (Wildman–Crippen LogP) is 3.53. The summed E-state index contributed by atoms with van der Waals surface area (Å²) >= 11 is 2.06. The fourth-order valence-corrected chi connectivity index (χ4v) is 4.90. The number of halogens is 1. The molecule has 1 aromatic carbocycles. The van der Waals surface area contributed by atoms with Gasteiger partial charge in [0.1, 0.15) is 17.5 Å². The van der Waals surface area contributed by atoms with E-state index in [1.807, 2.05) is 37.4 Å². The number of nitriles is 1. The van der Waals surface area contributed by atoms with E-state index >= 15 is 0 Å². The van der Waals surface area contributed by atoms with E-state index in [-0.39, 0.29) is 24.0 Å². The molecule has 1 saturated heterocycles.